The van der Waals surface area contributed by atoms with Crippen molar-refractivity contribution in [1.82, 2.24) is 4.90 Å². The van der Waals surface area contributed by atoms with E-state index in [0.717, 1.165) is 0 Å². The Balaban J connectivity index is 2.59. The van der Waals surface area contributed by atoms with E-state index in [1.807, 2.05) is 11.8 Å². The van der Waals surface area contributed by atoms with Crippen LogP contribution in [0.1, 0.15) is 13.8 Å². The van der Waals surface area contributed by atoms with Gasteiger partial charge in [0.15, 0.2) is 0 Å². The third-order valence-corrected chi connectivity index (χ3v) is 2.72. The fraction of sp³-hybridized carbons (Fsp3) is 0.667. The summed E-state index contributed by atoms with van der Waals surface area (Å²) in [6.45, 7) is 4.34. The molecule has 0 aromatic rings. The van der Waals surface area contributed by atoms with Crippen LogP contribution in [0.3, 0.4) is 0 Å². The summed E-state index contributed by atoms with van der Waals surface area (Å²) in [6, 6.07) is 0. The van der Waals surface area contributed by atoms with Crippen LogP contribution in [0.4, 0.5) is 0 Å². The quantitative estimate of drug-likeness (QED) is 0.491. The molecule has 1 unspecified atom stereocenters. The molecule has 1 atom stereocenters. The summed E-state index contributed by atoms with van der Waals surface area (Å²) in [5.41, 5.74) is 1.38. The van der Waals surface area contributed by atoms with Gasteiger partial charge in [0.2, 0.25) is 0 Å². The van der Waals surface area contributed by atoms with Gasteiger partial charge in [-0.3, -0.25) is 0 Å². The van der Waals surface area contributed by atoms with Crippen LogP contribution in [-0.2, 0) is 0 Å². The summed E-state index contributed by atoms with van der Waals surface area (Å²) in [4.78, 5) is 2.27. The molecule has 0 radical (unpaired) electrons. The average Bonchev–Trinajstić information content (AvgIpc) is 1.98. The molecule has 1 aliphatic rings. The number of nitrogens with zero attached hydrogens (tertiary/aromatic N) is 1. The second-order valence-corrected chi connectivity index (χ2v) is 3.30. The fourth-order valence-electron chi connectivity index (χ4n) is 0.658. The standard InChI is InChI=1S/C6H11NS/c1-5-4-8-6(2)7(5)3/h4,6H,1-3H3. The number of hydrogen-bond acceptors (Lipinski definition) is 2. The monoisotopic (exact) mass is 129 g/mol. The van der Waals surface area contributed by atoms with Gasteiger partial charge in [-0.1, -0.05) is 0 Å². The van der Waals surface area contributed by atoms with Crippen molar-refractivity contribution < 1.29 is 0 Å². The largest absolute Gasteiger partial charge is 0.366 e. The number of allylic oxidation sites excluding steroid dienone is 1. The molecule has 0 spiro atoms. The van der Waals surface area contributed by atoms with Crippen molar-refractivity contribution in [1.29, 1.82) is 0 Å². The van der Waals surface area contributed by atoms with E-state index in [1.165, 1.54) is 5.70 Å². The van der Waals surface area contributed by atoms with Gasteiger partial charge in [-0.05, 0) is 19.3 Å². The number of thioether (sulfide) groups is 1. The molecule has 1 aliphatic heterocycles. The van der Waals surface area contributed by atoms with E-state index in [1.54, 1.807) is 0 Å². The van der Waals surface area contributed by atoms with Crippen molar-refractivity contribution in [2.45, 2.75) is 19.2 Å². The predicted octanol–water partition coefficient (Wildman–Crippen LogP) is 1.87. The van der Waals surface area contributed by atoms with Gasteiger partial charge in [0.1, 0.15) is 0 Å². The van der Waals surface area contributed by atoms with Crippen molar-refractivity contribution in [3.05, 3.63) is 11.1 Å². The first kappa shape index (κ1) is 6.02. The van der Waals surface area contributed by atoms with Crippen LogP contribution in [0.15, 0.2) is 11.1 Å². The van der Waals surface area contributed by atoms with Crippen LogP contribution >= 0.6 is 11.8 Å². The van der Waals surface area contributed by atoms with Gasteiger partial charge in [0, 0.05) is 12.7 Å². The molecule has 0 aliphatic carbocycles. The van der Waals surface area contributed by atoms with Gasteiger partial charge in [0.05, 0.1) is 5.37 Å². The summed E-state index contributed by atoms with van der Waals surface area (Å²) in [7, 11) is 2.12. The van der Waals surface area contributed by atoms with E-state index >= 15 is 0 Å². The minimum atomic E-state index is 0.648. The predicted molar refractivity (Wildman–Crippen MR) is 38.6 cm³/mol. The summed E-state index contributed by atoms with van der Waals surface area (Å²) >= 11 is 1.88. The molecule has 0 aromatic carbocycles. The van der Waals surface area contributed by atoms with E-state index < -0.39 is 0 Å². The van der Waals surface area contributed by atoms with E-state index in [2.05, 4.69) is 31.2 Å². The van der Waals surface area contributed by atoms with Crippen LogP contribution in [0.5, 0.6) is 0 Å². The minimum absolute atomic E-state index is 0.648. The normalized spacial score (nSPS) is 28.6. The molecular formula is C6H11NS. The van der Waals surface area contributed by atoms with Crippen LogP contribution < -0.4 is 0 Å². The highest BCUT2D eigenvalue weighted by molar-refractivity contribution is 8.02. The molecule has 0 saturated carbocycles. The van der Waals surface area contributed by atoms with Crippen molar-refractivity contribution in [3.8, 4) is 0 Å². The molecule has 2 heteroatoms. The Morgan fingerprint density at radius 2 is 2.38 bits per heavy atom. The lowest BCUT2D eigenvalue weighted by molar-refractivity contribution is 0.423. The Hall–Kier alpha value is -0.110. The second-order valence-electron chi connectivity index (χ2n) is 2.11. The molecule has 1 heterocycles. The van der Waals surface area contributed by atoms with Crippen molar-refractivity contribution in [2.24, 2.45) is 0 Å². The van der Waals surface area contributed by atoms with Gasteiger partial charge in [-0.25, -0.2) is 0 Å². The summed E-state index contributed by atoms with van der Waals surface area (Å²) < 4.78 is 0. The molecule has 0 aromatic heterocycles. The van der Waals surface area contributed by atoms with Gasteiger partial charge in [0.25, 0.3) is 0 Å². The van der Waals surface area contributed by atoms with Crippen LogP contribution in [0.2, 0.25) is 0 Å². The van der Waals surface area contributed by atoms with Gasteiger partial charge >= 0.3 is 0 Å². The lowest BCUT2D eigenvalue weighted by Crippen LogP contribution is -2.18. The molecule has 1 nitrogen and oxygen atoms in total. The third-order valence-electron chi connectivity index (χ3n) is 1.54. The smallest absolute Gasteiger partial charge is 0.0757 e. The Labute approximate surface area is 54.8 Å². The number of hydrogen-bond donors (Lipinski definition) is 0. The summed E-state index contributed by atoms with van der Waals surface area (Å²) in [5.74, 6) is 0. The highest BCUT2D eigenvalue weighted by Crippen LogP contribution is 2.27. The van der Waals surface area contributed by atoms with E-state index in [0.29, 0.717) is 5.37 Å². The second kappa shape index (κ2) is 2.02. The molecule has 0 fully saturated rings. The van der Waals surface area contributed by atoms with Gasteiger partial charge < -0.3 is 4.90 Å². The first-order valence-electron chi connectivity index (χ1n) is 2.77. The SMILES string of the molecule is CC1=CSC(C)N1C. The molecule has 1 rings (SSSR count). The van der Waals surface area contributed by atoms with E-state index in [4.69, 9.17) is 0 Å². The Morgan fingerprint density at radius 1 is 1.75 bits per heavy atom. The van der Waals surface area contributed by atoms with Gasteiger partial charge in [-0.2, -0.15) is 0 Å². The minimum Gasteiger partial charge on any atom is -0.366 e. The molecule has 46 valence electrons. The highest BCUT2D eigenvalue weighted by atomic mass is 32.2. The van der Waals surface area contributed by atoms with Crippen LogP contribution in [0.25, 0.3) is 0 Å². The summed E-state index contributed by atoms with van der Waals surface area (Å²) in [5, 5.41) is 2.85. The van der Waals surface area contributed by atoms with E-state index in [-0.39, 0.29) is 0 Å². The maximum Gasteiger partial charge on any atom is 0.0757 e. The van der Waals surface area contributed by atoms with Crippen LogP contribution in [0, 0.1) is 0 Å². The summed E-state index contributed by atoms with van der Waals surface area (Å²) in [6.07, 6.45) is 0. The molecule has 0 N–H and O–H groups in total. The lowest BCUT2D eigenvalue weighted by atomic mass is 10.5. The first-order chi connectivity index (χ1) is 3.72. The molecule has 8 heavy (non-hydrogen) atoms. The zero-order valence-corrected chi connectivity index (χ0v) is 6.33. The zero-order valence-electron chi connectivity index (χ0n) is 5.51. The molecule has 0 bridgehead atoms. The molecule has 0 saturated heterocycles. The highest BCUT2D eigenvalue weighted by Gasteiger charge is 2.14. The van der Waals surface area contributed by atoms with Crippen molar-refractivity contribution in [2.75, 3.05) is 7.05 Å². The maximum atomic E-state index is 2.27. The van der Waals surface area contributed by atoms with Crippen molar-refractivity contribution in [3.63, 3.8) is 0 Å². The molecule has 0 amide bonds. The Kier molecular flexibility index (Phi) is 1.52. The number of rotatable bonds is 0. The zero-order chi connectivity index (χ0) is 6.15. The Bertz CT molecular complexity index is 120. The third kappa shape index (κ3) is 0.848. The molecular weight excluding hydrogens is 118 g/mol. The average molecular weight is 129 g/mol. The van der Waals surface area contributed by atoms with Crippen LogP contribution in [-0.4, -0.2) is 17.3 Å². The Morgan fingerprint density at radius 3 is 2.50 bits per heavy atom. The van der Waals surface area contributed by atoms with Crippen molar-refractivity contribution >= 4 is 11.8 Å². The lowest BCUT2D eigenvalue weighted by Gasteiger charge is -2.17. The fourth-order valence-corrected chi connectivity index (χ4v) is 1.57. The first-order valence-corrected chi connectivity index (χ1v) is 3.71. The topological polar surface area (TPSA) is 3.24 Å². The van der Waals surface area contributed by atoms with Gasteiger partial charge in [-0.15, -0.1) is 11.8 Å². The maximum absolute atomic E-state index is 2.27. The van der Waals surface area contributed by atoms with E-state index in [9.17, 15) is 0 Å².